The Bertz CT molecular complexity index is 165. The molecule has 0 spiro atoms. The molecule has 0 radical (unpaired) electrons. The molecule has 0 fully saturated rings. The van der Waals surface area contributed by atoms with Crippen molar-refractivity contribution in [3.05, 3.63) is 23.6 Å². The van der Waals surface area contributed by atoms with Gasteiger partial charge in [-0.05, 0) is 24.5 Å². The van der Waals surface area contributed by atoms with Crippen LogP contribution < -0.4 is 0 Å². The van der Waals surface area contributed by atoms with Crippen molar-refractivity contribution in [1.29, 1.82) is 0 Å². The lowest BCUT2D eigenvalue weighted by atomic mass is 10.2. The third kappa shape index (κ3) is 4.55. The third-order valence-corrected chi connectivity index (χ3v) is 1.97. The average molecular weight is 191 g/mol. The fourth-order valence-corrected chi connectivity index (χ4v) is 1.12. The summed E-state index contributed by atoms with van der Waals surface area (Å²) in [5, 5.41) is 0. The summed E-state index contributed by atoms with van der Waals surface area (Å²) >= 11 is 5.54. The summed E-state index contributed by atoms with van der Waals surface area (Å²) in [7, 11) is 0. The first-order valence-electron chi connectivity index (χ1n) is 4.36. The van der Waals surface area contributed by atoms with E-state index in [4.69, 9.17) is 11.6 Å². The van der Waals surface area contributed by atoms with Crippen LogP contribution in [0.5, 0.6) is 0 Å². The minimum atomic E-state index is -0.166. The topological polar surface area (TPSA) is 0 Å². The van der Waals surface area contributed by atoms with Gasteiger partial charge in [0.15, 0.2) is 0 Å². The van der Waals surface area contributed by atoms with Gasteiger partial charge < -0.3 is 0 Å². The molecule has 0 saturated carbocycles. The molecule has 12 heavy (non-hydrogen) atoms. The van der Waals surface area contributed by atoms with Gasteiger partial charge in [0.05, 0.1) is 0 Å². The van der Waals surface area contributed by atoms with E-state index in [0.29, 0.717) is 17.9 Å². The molecule has 0 aliphatic heterocycles. The number of hydrogen-bond acceptors (Lipinski definition) is 0. The first-order valence-corrected chi connectivity index (χ1v) is 4.89. The summed E-state index contributed by atoms with van der Waals surface area (Å²) < 4.78 is 13.1. The Morgan fingerprint density at radius 2 is 2.08 bits per heavy atom. The Morgan fingerprint density at radius 3 is 2.50 bits per heavy atom. The van der Waals surface area contributed by atoms with Crippen molar-refractivity contribution in [3.8, 4) is 0 Å². The molecule has 0 aromatic carbocycles. The Kier molecular flexibility index (Phi) is 7.17. The first kappa shape index (κ1) is 11.7. The van der Waals surface area contributed by atoms with E-state index in [1.54, 1.807) is 0 Å². The van der Waals surface area contributed by atoms with Gasteiger partial charge in [0.1, 0.15) is 5.83 Å². The van der Waals surface area contributed by atoms with Crippen LogP contribution in [0.2, 0.25) is 0 Å². The van der Waals surface area contributed by atoms with Crippen LogP contribution in [-0.2, 0) is 0 Å². The molecule has 2 heteroatoms. The number of hydrogen-bond donors (Lipinski definition) is 0. The summed E-state index contributed by atoms with van der Waals surface area (Å²) in [4.78, 5) is 0. The first-order chi connectivity index (χ1) is 5.76. The smallest absolute Gasteiger partial charge is 0.123 e. The van der Waals surface area contributed by atoms with Crippen molar-refractivity contribution in [2.45, 2.75) is 33.1 Å². The second-order valence-corrected chi connectivity index (χ2v) is 2.90. The van der Waals surface area contributed by atoms with Gasteiger partial charge in [0, 0.05) is 5.88 Å². The molecule has 0 saturated heterocycles. The summed E-state index contributed by atoms with van der Waals surface area (Å²) in [5.41, 5.74) is 0.684. The van der Waals surface area contributed by atoms with Crippen molar-refractivity contribution < 1.29 is 4.39 Å². The SMILES string of the molecule is CCC/C=C\C(F)=C(\CC)CCl. The zero-order valence-electron chi connectivity index (χ0n) is 7.74. The summed E-state index contributed by atoms with van der Waals surface area (Å²) in [6, 6.07) is 0. The van der Waals surface area contributed by atoms with E-state index >= 15 is 0 Å². The number of allylic oxidation sites excluding steroid dienone is 4. The standard InChI is InChI=1S/C10H16ClF/c1-3-5-6-7-10(12)9(4-2)8-11/h6-7H,3-5,8H2,1-2H3/b7-6-,10-9+. The number of halogens is 2. The fraction of sp³-hybridized carbons (Fsp3) is 0.600. The van der Waals surface area contributed by atoms with Crippen LogP contribution in [0.4, 0.5) is 4.39 Å². The minimum Gasteiger partial charge on any atom is -0.207 e. The van der Waals surface area contributed by atoms with Crippen LogP contribution in [0.25, 0.3) is 0 Å². The molecular weight excluding hydrogens is 175 g/mol. The van der Waals surface area contributed by atoms with E-state index in [9.17, 15) is 4.39 Å². The molecule has 0 aliphatic carbocycles. The highest BCUT2D eigenvalue weighted by molar-refractivity contribution is 6.19. The largest absolute Gasteiger partial charge is 0.207 e. The van der Waals surface area contributed by atoms with Gasteiger partial charge in [-0.2, -0.15) is 0 Å². The summed E-state index contributed by atoms with van der Waals surface area (Å²) in [6.45, 7) is 3.97. The van der Waals surface area contributed by atoms with Gasteiger partial charge in [0.2, 0.25) is 0 Å². The van der Waals surface area contributed by atoms with Gasteiger partial charge in [-0.3, -0.25) is 0 Å². The molecule has 0 atom stereocenters. The predicted octanol–water partition coefficient (Wildman–Crippen LogP) is 4.22. The lowest BCUT2D eigenvalue weighted by Crippen LogP contribution is -1.85. The highest BCUT2D eigenvalue weighted by Crippen LogP contribution is 2.13. The Hall–Kier alpha value is -0.300. The van der Waals surface area contributed by atoms with Gasteiger partial charge >= 0.3 is 0 Å². The summed E-state index contributed by atoms with van der Waals surface area (Å²) in [6.07, 6.45) is 6.02. The van der Waals surface area contributed by atoms with Crippen molar-refractivity contribution in [1.82, 2.24) is 0 Å². The quantitative estimate of drug-likeness (QED) is 0.450. The Balaban J connectivity index is 4.12. The number of alkyl halides is 1. The molecule has 0 N–H and O–H groups in total. The van der Waals surface area contributed by atoms with E-state index in [-0.39, 0.29) is 5.83 Å². The van der Waals surface area contributed by atoms with Gasteiger partial charge in [-0.15, -0.1) is 11.6 Å². The van der Waals surface area contributed by atoms with Gasteiger partial charge in [-0.25, -0.2) is 4.39 Å². The lowest BCUT2D eigenvalue weighted by Gasteiger charge is -1.98. The highest BCUT2D eigenvalue weighted by Gasteiger charge is 1.98. The normalized spacial score (nSPS) is 13.7. The van der Waals surface area contributed by atoms with Gasteiger partial charge in [0.25, 0.3) is 0 Å². The number of unbranched alkanes of at least 4 members (excludes halogenated alkanes) is 1. The van der Waals surface area contributed by atoms with Crippen LogP contribution in [0.3, 0.4) is 0 Å². The van der Waals surface area contributed by atoms with Crippen molar-refractivity contribution in [2.75, 3.05) is 5.88 Å². The van der Waals surface area contributed by atoms with Crippen molar-refractivity contribution in [3.63, 3.8) is 0 Å². The maximum absolute atomic E-state index is 13.1. The van der Waals surface area contributed by atoms with E-state index in [0.717, 1.165) is 12.8 Å². The molecule has 0 amide bonds. The van der Waals surface area contributed by atoms with Crippen LogP contribution in [0, 0.1) is 0 Å². The average Bonchev–Trinajstić information content (AvgIpc) is 2.07. The molecule has 0 heterocycles. The van der Waals surface area contributed by atoms with E-state index in [1.165, 1.54) is 6.08 Å². The molecule has 0 unspecified atom stereocenters. The van der Waals surface area contributed by atoms with E-state index in [2.05, 4.69) is 6.92 Å². The molecule has 0 rings (SSSR count). The summed E-state index contributed by atoms with van der Waals surface area (Å²) in [5.74, 6) is 0.125. The molecule has 0 aliphatic rings. The Labute approximate surface area is 79.1 Å². The molecule has 0 aromatic heterocycles. The molecule has 0 aromatic rings. The number of rotatable bonds is 5. The molecule has 0 nitrogen and oxygen atoms in total. The van der Waals surface area contributed by atoms with E-state index < -0.39 is 0 Å². The maximum atomic E-state index is 13.1. The van der Waals surface area contributed by atoms with Crippen LogP contribution in [0.1, 0.15) is 33.1 Å². The zero-order chi connectivity index (χ0) is 9.40. The Morgan fingerprint density at radius 1 is 1.42 bits per heavy atom. The van der Waals surface area contributed by atoms with E-state index in [1.807, 2.05) is 13.0 Å². The van der Waals surface area contributed by atoms with Crippen LogP contribution in [-0.4, -0.2) is 5.88 Å². The third-order valence-electron chi connectivity index (χ3n) is 1.65. The monoisotopic (exact) mass is 190 g/mol. The predicted molar refractivity (Wildman–Crippen MR) is 53.2 cm³/mol. The lowest BCUT2D eigenvalue weighted by molar-refractivity contribution is 0.647. The van der Waals surface area contributed by atoms with Crippen molar-refractivity contribution in [2.24, 2.45) is 0 Å². The highest BCUT2D eigenvalue weighted by atomic mass is 35.5. The molecular formula is C10H16ClF. The van der Waals surface area contributed by atoms with Crippen LogP contribution in [0.15, 0.2) is 23.6 Å². The van der Waals surface area contributed by atoms with Gasteiger partial charge in [-0.1, -0.05) is 26.3 Å². The second-order valence-electron chi connectivity index (χ2n) is 2.63. The minimum absolute atomic E-state index is 0.166. The fourth-order valence-electron chi connectivity index (χ4n) is 0.799. The molecule has 0 bridgehead atoms. The maximum Gasteiger partial charge on any atom is 0.123 e. The zero-order valence-corrected chi connectivity index (χ0v) is 8.49. The van der Waals surface area contributed by atoms with Crippen LogP contribution >= 0.6 is 11.6 Å². The second kappa shape index (κ2) is 7.35. The van der Waals surface area contributed by atoms with Crippen molar-refractivity contribution >= 4 is 11.6 Å². The molecule has 70 valence electrons.